The summed E-state index contributed by atoms with van der Waals surface area (Å²) in [5.74, 6) is 0. The molecule has 1 aromatic carbocycles. The van der Waals surface area contributed by atoms with Crippen LogP contribution in [0.25, 0.3) is 0 Å². The number of thiocarbonyl (C=S) groups is 1. The lowest BCUT2D eigenvalue weighted by atomic mass is 10.2. The van der Waals surface area contributed by atoms with Crippen LogP contribution in [0.2, 0.25) is 0 Å². The van der Waals surface area contributed by atoms with Crippen LogP contribution in [0.5, 0.6) is 0 Å². The highest BCUT2D eigenvalue weighted by molar-refractivity contribution is 7.96. The van der Waals surface area contributed by atoms with Crippen LogP contribution in [0.15, 0.2) is 30.3 Å². The maximum atomic E-state index is 9.31. The summed E-state index contributed by atoms with van der Waals surface area (Å²) >= 11 is 8.10. The molecule has 0 aliphatic heterocycles. The van der Waals surface area contributed by atoms with Crippen molar-refractivity contribution in [1.82, 2.24) is 0 Å². The molecule has 0 radical (unpaired) electrons. The fourth-order valence-corrected chi connectivity index (χ4v) is 0.818. The lowest BCUT2D eigenvalue weighted by Crippen LogP contribution is -1.95. The topological polar surface area (TPSA) is 26.3 Å². The Kier molecular flexibility index (Phi) is 7.95. The Bertz CT molecular complexity index is 306. The minimum Gasteiger partial charge on any atom is -0.483 e. The quantitative estimate of drug-likeness (QED) is 0.638. The van der Waals surface area contributed by atoms with Crippen LogP contribution < -0.4 is 0 Å². The van der Waals surface area contributed by atoms with E-state index in [0.29, 0.717) is 11.7 Å². The van der Waals surface area contributed by atoms with Gasteiger partial charge in [0.2, 0.25) is 0 Å². The maximum Gasteiger partial charge on any atom is 0.182 e. The van der Waals surface area contributed by atoms with E-state index in [1.165, 1.54) is 6.92 Å². The molecule has 15 heavy (non-hydrogen) atoms. The van der Waals surface area contributed by atoms with Crippen LogP contribution >= 0.6 is 24.8 Å². The third-order valence-electron chi connectivity index (χ3n) is 1.28. The summed E-state index contributed by atoms with van der Waals surface area (Å²) in [5, 5.41) is 0.453. The standard InChI is InChI=1S/C9H10OS.C2H4OS/c1-8(11)10-7-9-5-3-2-4-6-9;1-2(3)4/h2-6H,7H2,1H3;1H3,(H,3,4). The Balaban J connectivity index is 0.000000423. The lowest BCUT2D eigenvalue weighted by molar-refractivity contribution is -0.108. The van der Waals surface area contributed by atoms with E-state index >= 15 is 0 Å². The Morgan fingerprint density at radius 2 is 1.80 bits per heavy atom. The first kappa shape index (κ1) is 14.1. The van der Waals surface area contributed by atoms with Crippen LogP contribution in [0.3, 0.4) is 0 Å². The van der Waals surface area contributed by atoms with Crippen molar-refractivity contribution >= 4 is 35.0 Å². The van der Waals surface area contributed by atoms with Gasteiger partial charge in [-0.05, 0) is 17.8 Å². The molecule has 0 saturated heterocycles. The Hall–Kier alpha value is -0.870. The highest BCUT2D eigenvalue weighted by atomic mass is 32.1. The molecular formula is C11H14O2S2. The first-order chi connectivity index (χ1) is 7.02. The van der Waals surface area contributed by atoms with Gasteiger partial charge in [-0.3, -0.25) is 4.79 Å². The summed E-state index contributed by atoms with van der Waals surface area (Å²) in [7, 11) is 0. The lowest BCUT2D eigenvalue weighted by Gasteiger charge is -2.02. The molecule has 0 spiro atoms. The zero-order valence-electron chi connectivity index (χ0n) is 8.77. The van der Waals surface area contributed by atoms with Crippen molar-refractivity contribution in [2.45, 2.75) is 20.5 Å². The number of carbonyl (C=O) groups is 1. The molecule has 0 N–H and O–H groups in total. The number of hydrogen-bond acceptors (Lipinski definition) is 3. The van der Waals surface area contributed by atoms with Crippen molar-refractivity contribution in [3.05, 3.63) is 35.9 Å². The molecule has 0 aromatic heterocycles. The third kappa shape index (κ3) is 11.1. The Labute approximate surface area is 101 Å². The van der Waals surface area contributed by atoms with Crippen molar-refractivity contribution in [3.63, 3.8) is 0 Å². The monoisotopic (exact) mass is 242 g/mol. The summed E-state index contributed by atoms with van der Waals surface area (Å²) in [5.41, 5.74) is 1.15. The van der Waals surface area contributed by atoms with E-state index in [-0.39, 0.29) is 5.12 Å². The molecule has 0 atom stereocenters. The van der Waals surface area contributed by atoms with Crippen molar-refractivity contribution < 1.29 is 9.53 Å². The van der Waals surface area contributed by atoms with Gasteiger partial charge in [0.15, 0.2) is 10.2 Å². The molecule has 0 aliphatic carbocycles. The number of thiol groups is 1. The smallest absolute Gasteiger partial charge is 0.182 e. The molecule has 0 amide bonds. The number of ether oxygens (including phenoxy) is 1. The highest BCUT2D eigenvalue weighted by Crippen LogP contribution is 2.00. The predicted octanol–water partition coefficient (Wildman–Crippen LogP) is 3.01. The molecule has 0 saturated carbocycles. The second kappa shape index (κ2) is 8.44. The second-order valence-corrected chi connectivity index (χ2v) is 3.99. The number of benzene rings is 1. The van der Waals surface area contributed by atoms with Gasteiger partial charge in [-0.25, -0.2) is 0 Å². The molecule has 0 heterocycles. The molecular weight excluding hydrogens is 228 g/mol. The summed E-state index contributed by atoms with van der Waals surface area (Å²) in [4.78, 5) is 9.31. The molecule has 0 fully saturated rings. The molecule has 0 unspecified atom stereocenters. The zero-order chi connectivity index (χ0) is 11.7. The second-order valence-electron chi connectivity index (χ2n) is 2.78. The zero-order valence-corrected chi connectivity index (χ0v) is 10.5. The van der Waals surface area contributed by atoms with Gasteiger partial charge in [0.1, 0.15) is 6.61 Å². The van der Waals surface area contributed by atoms with Crippen molar-refractivity contribution in [2.24, 2.45) is 0 Å². The van der Waals surface area contributed by atoms with Gasteiger partial charge < -0.3 is 4.74 Å². The predicted molar refractivity (Wildman–Crippen MR) is 69.2 cm³/mol. The first-order valence-corrected chi connectivity index (χ1v) is 5.24. The molecule has 82 valence electrons. The normalized spacial score (nSPS) is 8.47. The van der Waals surface area contributed by atoms with E-state index in [1.54, 1.807) is 6.92 Å². The molecule has 0 bridgehead atoms. The number of rotatable bonds is 2. The summed E-state index contributed by atoms with van der Waals surface area (Å²) in [6.07, 6.45) is 0. The highest BCUT2D eigenvalue weighted by Gasteiger charge is 1.90. The van der Waals surface area contributed by atoms with Crippen LogP contribution in [0.1, 0.15) is 19.4 Å². The molecule has 1 rings (SSSR count). The molecule has 0 aliphatic rings. The fraction of sp³-hybridized carbons (Fsp3) is 0.273. The van der Waals surface area contributed by atoms with Gasteiger partial charge in [-0.1, -0.05) is 30.3 Å². The van der Waals surface area contributed by atoms with E-state index in [9.17, 15) is 4.79 Å². The van der Waals surface area contributed by atoms with E-state index < -0.39 is 0 Å². The van der Waals surface area contributed by atoms with Gasteiger partial charge in [-0.15, -0.1) is 12.6 Å². The van der Waals surface area contributed by atoms with Crippen molar-refractivity contribution in [3.8, 4) is 0 Å². The van der Waals surface area contributed by atoms with Gasteiger partial charge in [0, 0.05) is 13.8 Å². The average molecular weight is 242 g/mol. The molecule has 4 heteroatoms. The largest absolute Gasteiger partial charge is 0.483 e. The summed E-state index contributed by atoms with van der Waals surface area (Å²) in [6, 6.07) is 9.97. The van der Waals surface area contributed by atoms with Gasteiger partial charge >= 0.3 is 0 Å². The van der Waals surface area contributed by atoms with E-state index in [4.69, 9.17) is 17.0 Å². The minimum atomic E-state index is -0.139. The van der Waals surface area contributed by atoms with E-state index in [0.717, 1.165) is 5.56 Å². The van der Waals surface area contributed by atoms with Gasteiger partial charge in [0.25, 0.3) is 0 Å². The maximum absolute atomic E-state index is 9.31. The Morgan fingerprint density at radius 1 is 1.33 bits per heavy atom. The van der Waals surface area contributed by atoms with Gasteiger partial charge in [-0.2, -0.15) is 0 Å². The van der Waals surface area contributed by atoms with Crippen molar-refractivity contribution in [2.75, 3.05) is 0 Å². The summed E-state index contributed by atoms with van der Waals surface area (Å²) < 4.78 is 5.16. The average Bonchev–Trinajstić information content (AvgIpc) is 2.15. The van der Waals surface area contributed by atoms with Crippen LogP contribution in [0.4, 0.5) is 0 Å². The van der Waals surface area contributed by atoms with Crippen molar-refractivity contribution in [1.29, 1.82) is 0 Å². The first-order valence-electron chi connectivity index (χ1n) is 4.39. The van der Waals surface area contributed by atoms with Gasteiger partial charge in [0.05, 0.1) is 0 Å². The number of carbonyl (C=O) groups excluding carboxylic acids is 1. The molecule has 1 aromatic rings. The van der Waals surface area contributed by atoms with Crippen LogP contribution in [-0.4, -0.2) is 10.2 Å². The van der Waals surface area contributed by atoms with Crippen LogP contribution in [0, 0.1) is 0 Å². The minimum absolute atomic E-state index is 0.139. The number of hydrogen-bond donors (Lipinski definition) is 1. The van der Waals surface area contributed by atoms with E-state index in [1.807, 2.05) is 30.3 Å². The SMILES string of the molecule is CC(=O)S.CC(=S)OCc1ccccc1. The third-order valence-corrected chi connectivity index (χ3v) is 1.40. The van der Waals surface area contributed by atoms with Crippen LogP contribution in [-0.2, 0) is 16.1 Å². The fourth-order valence-electron chi connectivity index (χ4n) is 0.759. The molecule has 2 nitrogen and oxygen atoms in total. The van der Waals surface area contributed by atoms with E-state index in [2.05, 4.69) is 12.6 Å². The Morgan fingerprint density at radius 3 is 2.20 bits per heavy atom. The summed E-state index contributed by atoms with van der Waals surface area (Å²) in [6.45, 7) is 3.75.